The molecule has 6 nitrogen and oxygen atoms in total. The molecule has 1 amide bonds. The Kier molecular flexibility index (Phi) is 4.73. The number of rotatable bonds is 5. The molecule has 4 rings (SSSR count). The number of nitrogens with zero attached hydrogens (tertiary/aromatic N) is 2. The number of hydrogen-bond donors (Lipinski definition) is 1. The summed E-state index contributed by atoms with van der Waals surface area (Å²) in [6.45, 7) is 3.28. The van der Waals surface area contributed by atoms with Gasteiger partial charge in [0.25, 0.3) is 0 Å². The van der Waals surface area contributed by atoms with Crippen LogP contribution in [0, 0.1) is 6.92 Å². The second kappa shape index (κ2) is 7.32. The number of nitrogens with one attached hydrogen (secondary N) is 1. The number of carbonyl (C=O) groups excluding carboxylic acids is 1. The van der Waals surface area contributed by atoms with E-state index in [2.05, 4.69) is 14.9 Å². The van der Waals surface area contributed by atoms with E-state index >= 15 is 0 Å². The van der Waals surface area contributed by atoms with Crippen LogP contribution in [-0.2, 0) is 11.3 Å². The predicted octanol–water partition coefficient (Wildman–Crippen LogP) is 3.56. The van der Waals surface area contributed by atoms with E-state index in [0.717, 1.165) is 22.4 Å². The number of imidazole rings is 1. The Balaban J connectivity index is 1.37. The standard InChI is InChI=1S/C20H18ClN3O3/c1-13-23-16-4-2-3-5-17(16)24(13)9-8-22-19(25)7-6-14-10-15(21)20-18(11-14)26-12-27-20/h2-7,10-11H,8-9,12H2,1H3,(H,22,25). The minimum Gasteiger partial charge on any atom is -0.454 e. The minimum absolute atomic E-state index is 0.158. The molecule has 3 aromatic rings. The Bertz CT molecular complexity index is 1040. The van der Waals surface area contributed by atoms with Crippen molar-refractivity contribution < 1.29 is 14.3 Å². The number of aryl methyl sites for hydroxylation is 1. The van der Waals surface area contributed by atoms with Crippen molar-refractivity contribution in [3.63, 3.8) is 0 Å². The Morgan fingerprint density at radius 1 is 1.33 bits per heavy atom. The topological polar surface area (TPSA) is 65.4 Å². The van der Waals surface area contributed by atoms with Gasteiger partial charge in [0.05, 0.1) is 16.1 Å². The van der Waals surface area contributed by atoms with Gasteiger partial charge in [0.2, 0.25) is 12.7 Å². The van der Waals surface area contributed by atoms with E-state index in [4.69, 9.17) is 21.1 Å². The van der Waals surface area contributed by atoms with Crippen LogP contribution in [0.1, 0.15) is 11.4 Å². The number of hydrogen-bond acceptors (Lipinski definition) is 4. The summed E-state index contributed by atoms with van der Waals surface area (Å²) in [5.74, 6) is 1.88. The summed E-state index contributed by atoms with van der Waals surface area (Å²) in [5, 5.41) is 3.35. The highest BCUT2D eigenvalue weighted by molar-refractivity contribution is 6.32. The lowest BCUT2D eigenvalue weighted by Gasteiger charge is -2.07. The lowest BCUT2D eigenvalue weighted by atomic mass is 10.2. The molecular formula is C20H18ClN3O3. The third kappa shape index (κ3) is 3.61. The SMILES string of the molecule is Cc1nc2ccccc2n1CCNC(=O)C=Cc1cc(Cl)c2c(c1)OCO2. The van der Waals surface area contributed by atoms with Crippen LogP contribution < -0.4 is 14.8 Å². The number of amides is 1. The average Bonchev–Trinajstić information content (AvgIpc) is 3.25. The lowest BCUT2D eigenvalue weighted by Crippen LogP contribution is -2.25. The second-order valence-corrected chi connectivity index (χ2v) is 6.57. The zero-order valence-corrected chi connectivity index (χ0v) is 15.5. The number of benzene rings is 2. The van der Waals surface area contributed by atoms with E-state index in [1.54, 1.807) is 18.2 Å². The van der Waals surface area contributed by atoms with Crippen LogP contribution in [0.15, 0.2) is 42.5 Å². The third-order valence-electron chi connectivity index (χ3n) is 4.36. The molecule has 0 spiro atoms. The number of aromatic nitrogens is 2. The van der Waals surface area contributed by atoms with E-state index in [1.807, 2.05) is 31.2 Å². The summed E-state index contributed by atoms with van der Waals surface area (Å²) < 4.78 is 12.7. The Morgan fingerprint density at radius 3 is 3.07 bits per heavy atom. The normalized spacial score (nSPS) is 12.8. The first-order chi connectivity index (χ1) is 13.1. The number of fused-ring (bicyclic) bond motifs is 2. The van der Waals surface area contributed by atoms with Crippen molar-refractivity contribution in [2.24, 2.45) is 0 Å². The molecule has 0 fully saturated rings. The molecule has 138 valence electrons. The molecule has 1 aromatic heterocycles. The fraction of sp³-hybridized carbons (Fsp3) is 0.200. The molecule has 0 bridgehead atoms. The summed E-state index contributed by atoms with van der Waals surface area (Å²) in [4.78, 5) is 16.6. The van der Waals surface area contributed by atoms with Gasteiger partial charge in [0.15, 0.2) is 11.5 Å². The van der Waals surface area contributed by atoms with Crippen LogP contribution in [0.25, 0.3) is 17.1 Å². The molecule has 7 heteroatoms. The van der Waals surface area contributed by atoms with Crippen LogP contribution in [-0.4, -0.2) is 28.8 Å². The van der Waals surface area contributed by atoms with Crippen molar-refractivity contribution in [1.82, 2.24) is 14.9 Å². The maximum Gasteiger partial charge on any atom is 0.244 e. The quantitative estimate of drug-likeness (QED) is 0.684. The third-order valence-corrected chi connectivity index (χ3v) is 4.64. The molecule has 0 radical (unpaired) electrons. The largest absolute Gasteiger partial charge is 0.454 e. The molecule has 1 aliphatic rings. The molecule has 0 saturated carbocycles. The first-order valence-corrected chi connectivity index (χ1v) is 8.96. The van der Waals surface area contributed by atoms with Crippen LogP contribution >= 0.6 is 11.6 Å². The van der Waals surface area contributed by atoms with Gasteiger partial charge in [-0.15, -0.1) is 0 Å². The summed E-state index contributed by atoms with van der Waals surface area (Å²) in [7, 11) is 0. The minimum atomic E-state index is -0.175. The van der Waals surface area contributed by atoms with Crippen LogP contribution in [0.2, 0.25) is 5.02 Å². The molecule has 1 aliphatic heterocycles. The van der Waals surface area contributed by atoms with E-state index in [9.17, 15) is 4.79 Å². The average molecular weight is 384 g/mol. The second-order valence-electron chi connectivity index (χ2n) is 6.16. The summed E-state index contributed by atoms with van der Waals surface area (Å²) >= 11 is 6.15. The molecule has 2 aromatic carbocycles. The van der Waals surface area contributed by atoms with Crippen LogP contribution in [0.5, 0.6) is 11.5 Å². The molecule has 0 unspecified atom stereocenters. The molecular weight excluding hydrogens is 366 g/mol. The van der Waals surface area contributed by atoms with Gasteiger partial charge in [0.1, 0.15) is 5.82 Å². The molecule has 0 saturated heterocycles. The van der Waals surface area contributed by atoms with Crippen molar-refractivity contribution >= 4 is 34.6 Å². The fourth-order valence-electron chi connectivity index (χ4n) is 3.08. The lowest BCUT2D eigenvalue weighted by molar-refractivity contribution is -0.116. The van der Waals surface area contributed by atoms with Crippen molar-refractivity contribution in [2.75, 3.05) is 13.3 Å². The zero-order valence-electron chi connectivity index (χ0n) is 14.7. The Hall–Kier alpha value is -2.99. The summed E-state index contributed by atoms with van der Waals surface area (Å²) in [5.41, 5.74) is 2.80. The monoisotopic (exact) mass is 383 g/mol. The van der Waals surface area contributed by atoms with E-state index < -0.39 is 0 Å². The summed E-state index contributed by atoms with van der Waals surface area (Å²) in [6.07, 6.45) is 3.17. The van der Waals surface area contributed by atoms with Crippen molar-refractivity contribution in [3.05, 3.63) is 58.9 Å². The van der Waals surface area contributed by atoms with E-state index in [-0.39, 0.29) is 12.7 Å². The van der Waals surface area contributed by atoms with Gasteiger partial charge in [-0.25, -0.2) is 4.98 Å². The van der Waals surface area contributed by atoms with Crippen molar-refractivity contribution in [3.8, 4) is 11.5 Å². The van der Waals surface area contributed by atoms with Crippen molar-refractivity contribution in [1.29, 1.82) is 0 Å². The first-order valence-electron chi connectivity index (χ1n) is 8.59. The first kappa shape index (κ1) is 17.4. The van der Waals surface area contributed by atoms with Gasteiger partial charge in [-0.2, -0.15) is 0 Å². The van der Waals surface area contributed by atoms with Crippen LogP contribution in [0.4, 0.5) is 0 Å². The smallest absolute Gasteiger partial charge is 0.244 e. The highest BCUT2D eigenvalue weighted by Gasteiger charge is 2.17. The molecule has 2 heterocycles. The van der Waals surface area contributed by atoms with Gasteiger partial charge in [-0.1, -0.05) is 23.7 Å². The number of ether oxygens (including phenoxy) is 2. The van der Waals surface area contributed by atoms with Gasteiger partial charge in [0, 0.05) is 19.2 Å². The van der Waals surface area contributed by atoms with Crippen LogP contribution in [0.3, 0.4) is 0 Å². The zero-order chi connectivity index (χ0) is 18.8. The number of halogens is 1. The van der Waals surface area contributed by atoms with E-state index in [0.29, 0.717) is 29.6 Å². The van der Waals surface area contributed by atoms with Crippen molar-refractivity contribution in [2.45, 2.75) is 13.5 Å². The highest BCUT2D eigenvalue weighted by atomic mass is 35.5. The summed E-state index contributed by atoms with van der Waals surface area (Å²) in [6, 6.07) is 11.5. The maximum atomic E-state index is 12.1. The molecule has 27 heavy (non-hydrogen) atoms. The Morgan fingerprint density at radius 2 is 2.19 bits per heavy atom. The Labute approximate surface area is 161 Å². The number of para-hydroxylation sites is 2. The molecule has 1 N–H and O–H groups in total. The van der Waals surface area contributed by atoms with Gasteiger partial charge >= 0.3 is 0 Å². The highest BCUT2D eigenvalue weighted by Crippen LogP contribution is 2.40. The number of carbonyl (C=O) groups is 1. The maximum absolute atomic E-state index is 12.1. The predicted molar refractivity (Wildman–Crippen MR) is 104 cm³/mol. The van der Waals surface area contributed by atoms with Gasteiger partial charge < -0.3 is 19.4 Å². The fourth-order valence-corrected chi connectivity index (χ4v) is 3.36. The van der Waals surface area contributed by atoms with Gasteiger partial charge in [-0.05, 0) is 42.8 Å². The van der Waals surface area contributed by atoms with E-state index in [1.165, 1.54) is 6.08 Å². The molecule has 0 aliphatic carbocycles. The van der Waals surface area contributed by atoms with Gasteiger partial charge in [-0.3, -0.25) is 4.79 Å². The molecule has 0 atom stereocenters.